The Balaban J connectivity index is 2.22. The first-order valence-electron chi connectivity index (χ1n) is 4.08. The van der Waals surface area contributed by atoms with E-state index in [2.05, 4.69) is 10.3 Å². The SMILES string of the molecule is CC(CC(N)=O)NCc1nccs1. The molecule has 1 unspecified atom stereocenters. The Morgan fingerprint density at radius 3 is 3.15 bits per heavy atom. The third kappa shape index (κ3) is 4.00. The van der Waals surface area contributed by atoms with Crippen LogP contribution in [0.3, 0.4) is 0 Å². The quantitative estimate of drug-likeness (QED) is 0.725. The summed E-state index contributed by atoms with van der Waals surface area (Å²) in [6.45, 7) is 2.63. The van der Waals surface area contributed by atoms with E-state index in [0.29, 0.717) is 13.0 Å². The summed E-state index contributed by atoms with van der Waals surface area (Å²) in [6.07, 6.45) is 2.13. The van der Waals surface area contributed by atoms with E-state index in [1.54, 1.807) is 17.5 Å². The van der Waals surface area contributed by atoms with E-state index in [-0.39, 0.29) is 11.9 Å². The molecule has 72 valence electrons. The number of nitrogens with zero attached hydrogens (tertiary/aromatic N) is 1. The van der Waals surface area contributed by atoms with Crippen molar-refractivity contribution in [1.82, 2.24) is 10.3 Å². The molecule has 0 fully saturated rings. The summed E-state index contributed by atoms with van der Waals surface area (Å²) >= 11 is 1.59. The van der Waals surface area contributed by atoms with Gasteiger partial charge in [0.05, 0.1) is 0 Å². The number of hydrogen-bond donors (Lipinski definition) is 2. The topological polar surface area (TPSA) is 68.0 Å². The summed E-state index contributed by atoms with van der Waals surface area (Å²) in [5.74, 6) is -0.279. The van der Waals surface area contributed by atoms with Crippen LogP contribution in [0.5, 0.6) is 0 Å². The Morgan fingerprint density at radius 1 is 1.85 bits per heavy atom. The van der Waals surface area contributed by atoms with Crippen molar-refractivity contribution in [2.75, 3.05) is 0 Å². The van der Waals surface area contributed by atoms with Crippen LogP contribution in [0.1, 0.15) is 18.4 Å². The molecule has 0 aliphatic rings. The highest BCUT2D eigenvalue weighted by molar-refractivity contribution is 7.09. The molecule has 5 heteroatoms. The van der Waals surface area contributed by atoms with Gasteiger partial charge in [-0.3, -0.25) is 4.79 Å². The van der Waals surface area contributed by atoms with Crippen LogP contribution in [-0.4, -0.2) is 16.9 Å². The molecule has 3 N–H and O–H groups in total. The molecule has 0 bridgehead atoms. The molecule has 0 saturated carbocycles. The van der Waals surface area contributed by atoms with Crippen LogP contribution in [-0.2, 0) is 11.3 Å². The number of aromatic nitrogens is 1. The van der Waals surface area contributed by atoms with Crippen molar-refractivity contribution >= 4 is 17.2 Å². The summed E-state index contributed by atoms with van der Waals surface area (Å²) in [4.78, 5) is 14.6. The molecular weight excluding hydrogens is 186 g/mol. The second-order valence-corrected chi connectivity index (χ2v) is 3.86. The molecule has 0 saturated heterocycles. The van der Waals surface area contributed by atoms with Crippen LogP contribution in [0.4, 0.5) is 0 Å². The molecule has 1 amide bonds. The first-order chi connectivity index (χ1) is 6.18. The number of nitrogens with one attached hydrogen (secondary N) is 1. The van der Waals surface area contributed by atoms with Crippen LogP contribution in [0.2, 0.25) is 0 Å². The number of primary amides is 1. The summed E-state index contributed by atoms with van der Waals surface area (Å²) < 4.78 is 0. The molecule has 1 heterocycles. The fraction of sp³-hybridized carbons (Fsp3) is 0.500. The number of carbonyl (C=O) groups excluding carboxylic acids is 1. The third-order valence-electron chi connectivity index (χ3n) is 1.59. The average molecular weight is 199 g/mol. The van der Waals surface area contributed by atoms with E-state index >= 15 is 0 Å². The van der Waals surface area contributed by atoms with E-state index in [0.717, 1.165) is 5.01 Å². The lowest BCUT2D eigenvalue weighted by molar-refractivity contribution is -0.118. The Hall–Kier alpha value is -0.940. The normalized spacial score (nSPS) is 12.7. The molecule has 4 nitrogen and oxygen atoms in total. The van der Waals surface area contributed by atoms with Crippen molar-refractivity contribution in [2.45, 2.75) is 25.9 Å². The van der Waals surface area contributed by atoms with E-state index in [9.17, 15) is 4.79 Å². The number of hydrogen-bond acceptors (Lipinski definition) is 4. The third-order valence-corrected chi connectivity index (χ3v) is 2.37. The van der Waals surface area contributed by atoms with Crippen LogP contribution in [0, 0.1) is 0 Å². The Kier molecular flexibility index (Phi) is 3.85. The predicted octanol–water partition coefficient (Wildman–Crippen LogP) is 0.497. The first-order valence-corrected chi connectivity index (χ1v) is 4.96. The minimum absolute atomic E-state index is 0.112. The van der Waals surface area contributed by atoms with Crippen molar-refractivity contribution in [3.05, 3.63) is 16.6 Å². The number of thiazole rings is 1. The molecule has 1 aromatic heterocycles. The van der Waals surface area contributed by atoms with Crippen molar-refractivity contribution in [3.8, 4) is 0 Å². The highest BCUT2D eigenvalue weighted by Gasteiger charge is 2.05. The average Bonchev–Trinajstić information content (AvgIpc) is 2.51. The summed E-state index contributed by atoms with van der Waals surface area (Å²) in [6, 6.07) is 0.112. The number of amides is 1. The number of carbonyl (C=O) groups is 1. The molecule has 0 spiro atoms. The number of rotatable bonds is 5. The number of nitrogens with two attached hydrogens (primary N) is 1. The highest BCUT2D eigenvalue weighted by atomic mass is 32.1. The van der Waals surface area contributed by atoms with Gasteiger partial charge in [-0.1, -0.05) is 0 Å². The predicted molar refractivity (Wildman–Crippen MR) is 52.2 cm³/mol. The van der Waals surface area contributed by atoms with Crippen LogP contribution < -0.4 is 11.1 Å². The minimum Gasteiger partial charge on any atom is -0.370 e. The van der Waals surface area contributed by atoms with Gasteiger partial charge in [-0.05, 0) is 6.92 Å². The van der Waals surface area contributed by atoms with E-state index < -0.39 is 0 Å². The highest BCUT2D eigenvalue weighted by Crippen LogP contribution is 2.03. The van der Waals surface area contributed by atoms with Crippen molar-refractivity contribution in [1.29, 1.82) is 0 Å². The van der Waals surface area contributed by atoms with Gasteiger partial charge in [-0.25, -0.2) is 4.98 Å². The molecular formula is C8H13N3OS. The van der Waals surface area contributed by atoms with Gasteiger partial charge in [0.1, 0.15) is 5.01 Å². The minimum atomic E-state index is -0.279. The molecule has 0 radical (unpaired) electrons. The maximum atomic E-state index is 10.5. The van der Waals surface area contributed by atoms with E-state index in [1.165, 1.54) is 0 Å². The maximum absolute atomic E-state index is 10.5. The fourth-order valence-corrected chi connectivity index (χ4v) is 1.54. The van der Waals surface area contributed by atoms with Crippen LogP contribution >= 0.6 is 11.3 Å². The zero-order valence-corrected chi connectivity index (χ0v) is 8.30. The van der Waals surface area contributed by atoms with Gasteiger partial charge in [-0.2, -0.15) is 0 Å². The lowest BCUT2D eigenvalue weighted by atomic mass is 10.2. The van der Waals surface area contributed by atoms with Gasteiger partial charge in [0.25, 0.3) is 0 Å². The summed E-state index contributed by atoms with van der Waals surface area (Å²) in [7, 11) is 0. The molecule has 0 aliphatic carbocycles. The fourth-order valence-electron chi connectivity index (χ4n) is 0.976. The molecule has 1 rings (SSSR count). The van der Waals surface area contributed by atoms with Crippen molar-refractivity contribution < 1.29 is 4.79 Å². The van der Waals surface area contributed by atoms with Crippen LogP contribution in [0.15, 0.2) is 11.6 Å². The lowest BCUT2D eigenvalue weighted by Gasteiger charge is -2.09. The zero-order chi connectivity index (χ0) is 9.68. The Labute approximate surface area is 81.2 Å². The molecule has 0 aromatic carbocycles. The summed E-state index contributed by atoms with van der Waals surface area (Å²) in [5, 5.41) is 6.11. The van der Waals surface area contributed by atoms with Crippen LogP contribution in [0.25, 0.3) is 0 Å². The molecule has 0 aliphatic heterocycles. The smallest absolute Gasteiger partial charge is 0.218 e. The summed E-state index contributed by atoms with van der Waals surface area (Å²) in [5.41, 5.74) is 5.05. The maximum Gasteiger partial charge on any atom is 0.218 e. The monoisotopic (exact) mass is 199 g/mol. The lowest BCUT2D eigenvalue weighted by Crippen LogP contribution is -2.30. The largest absolute Gasteiger partial charge is 0.370 e. The zero-order valence-electron chi connectivity index (χ0n) is 7.49. The Bertz CT molecular complexity index is 260. The molecule has 1 atom stereocenters. The van der Waals surface area contributed by atoms with Gasteiger partial charge in [0.2, 0.25) is 5.91 Å². The van der Waals surface area contributed by atoms with Crippen molar-refractivity contribution in [2.24, 2.45) is 5.73 Å². The standard InChI is InChI=1S/C8H13N3OS/c1-6(4-7(9)12)11-5-8-10-2-3-13-8/h2-3,6,11H,4-5H2,1H3,(H2,9,12). The second-order valence-electron chi connectivity index (χ2n) is 2.88. The second kappa shape index (κ2) is 4.94. The van der Waals surface area contributed by atoms with Crippen molar-refractivity contribution in [3.63, 3.8) is 0 Å². The van der Waals surface area contributed by atoms with Gasteiger partial charge in [0, 0.05) is 30.6 Å². The first kappa shape index (κ1) is 10.1. The van der Waals surface area contributed by atoms with Gasteiger partial charge in [0.15, 0.2) is 0 Å². The van der Waals surface area contributed by atoms with Gasteiger partial charge >= 0.3 is 0 Å². The van der Waals surface area contributed by atoms with Gasteiger partial charge in [-0.15, -0.1) is 11.3 Å². The Morgan fingerprint density at radius 2 is 2.62 bits per heavy atom. The van der Waals surface area contributed by atoms with E-state index in [4.69, 9.17) is 5.73 Å². The molecule has 1 aromatic rings. The molecule has 13 heavy (non-hydrogen) atoms. The van der Waals surface area contributed by atoms with E-state index in [1.807, 2.05) is 12.3 Å². The van der Waals surface area contributed by atoms with Gasteiger partial charge < -0.3 is 11.1 Å².